The van der Waals surface area contributed by atoms with Gasteiger partial charge in [-0.15, -0.1) is 0 Å². The molecule has 1 unspecified atom stereocenters. The summed E-state index contributed by atoms with van der Waals surface area (Å²) in [5, 5.41) is 0. The van der Waals surface area contributed by atoms with Crippen LogP contribution in [0.4, 0.5) is 11.4 Å². The molecule has 0 aliphatic carbocycles. The highest BCUT2D eigenvalue weighted by molar-refractivity contribution is 6.00. The van der Waals surface area contributed by atoms with Crippen LogP contribution in [0.25, 0.3) is 0 Å². The lowest BCUT2D eigenvalue weighted by atomic mass is 10.1. The first-order valence-electron chi connectivity index (χ1n) is 10.1. The highest BCUT2D eigenvalue weighted by atomic mass is 16.5. The van der Waals surface area contributed by atoms with Crippen LogP contribution in [0, 0.1) is 12.8 Å². The summed E-state index contributed by atoms with van der Waals surface area (Å²) in [6, 6.07) is 15.9. The number of benzene rings is 2. The van der Waals surface area contributed by atoms with Crippen molar-refractivity contribution in [3.63, 3.8) is 0 Å². The van der Waals surface area contributed by atoms with Gasteiger partial charge in [-0.2, -0.15) is 0 Å². The molecule has 2 aromatic carbocycles. The van der Waals surface area contributed by atoms with Crippen molar-refractivity contribution in [3.8, 4) is 5.75 Å². The van der Waals surface area contributed by atoms with Crippen LogP contribution in [0.3, 0.4) is 0 Å². The maximum absolute atomic E-state index is 13.0. The van der Waals surface area contributed by atoms with E-state index in [2.05, 4.69) is 4.90 Å². The number of hydrogen-bond acceptors (Lipinski definition) is 4. The molecule has 29 heavy (non-hydrogen) atoms. The molecule has 0 saturated carbocycles. The summed E-state index contributed by atoms with van der Waals surface area (Å²) in [4.78, 5) is 31.5. The van der Waals surface area contributed by atoms with E-state index in [1.165, 1.54) is 0 Å². The van der Waals surface area contributed by atoms with Crippen molar-refractivity contribution < 1.29 is 14.3 Å². The van der Waals surface area contributed by atoms with Crippen molar-refractivity contribution in [2.24, 2.45) is 5.92 Å². The smallest absolute Gasteiger partial charge is 0.228 e. The standard InChI is InChI=1S/C23H27N3O3/c1-17-4-3-5-20(14-17)26-16-18(15-22(26)27)23(28)25-12-10-24(11-13-25)19-6-8-21(29-2)9-7-19/h3-9,14,18H,10-13,15-16H2,1-2H3. The average Bonchev–Trinajstić information content (AvgIpc) is 3.15. The van der Waals surface area contributed by atoms with E-state index in [9.17, 15) is 9.59 Å². The van der Waals surface area contributed by atoms with Gasteiger partial charge in [-0.3, -0.25) is 9.59 Å². The summed E-state index contributed by atoms with van der Waals surface area (Å²) < 4.78 is 5.21. The monoisotopic (exact) mass is 393 g/mol. The van der Waals surface area contributed by atoms with Gasteiger partial charge in [0.05, 0.1) is 13.0 Å². The first-order chi connectivity index (χ1) is 14.0. The number of aryl methyl sites for hydroxylation is 1. The Bertz CT molecular complexity index is 888. The Hall–Kier alpha value is -3.02. The Labute approximate surface area is 171 Å². The van der Waals surface area contributed by atoms with Gasteiger partial charge in [-0.1, -0.05) is 12.1 Å². The average molecular weight is 393 g/mol. The summed E-state index contributed by atoms with van der Waals surface area (Å²) in [5.41, 5.74) is 3.13. The van der Waals surface area contributed by atoms with E-state index >= 15 is 0 Å². The molecule has 2 saturated heterocycles. The molecule has 2 heterocycles. The number of methoxy groups -OCH3 is 1. The van der Waals surface area contributed by atoms with E-state index in [1.54, 1.807) is 12.0 Å². The quantitative estimate of drug-likeness (QED) is 0.802. The molecule has 2 aromatic rings. The Morgan fingerprint density at radius 1 is 1.00 bits per heavy atom. The van der Waals surface area contributed by atoms with Crippen molar-refractivity contribution in [1.82, 2.24) is 4.90 Å². The van der Waals surface area contributed by atoms with Crippen LogP contribution in [-0.2, 0) is 9.59 Å². The predicted octanol–water partition coefficient (Wildman–Crippen LogP) is 2.71. The number of rotatable bonds is 4. The van der Waals surface area contributed by atoms with Crippen LogP contribution in [0.2, 0.25) is 0 Å². The van der Waals surface area contributed by atoms with Crippen molar-refractivity contribution >= 4 is 23.2 Å². The molecule has 6 heteroatoms. The molecule has 2 aliphatic rings. The Morgan fingerprint density at radius 2 is 1.72 bits per heavy atom. The molecule has 6 nitrogen and oxygen atoms in total. The minimum Gasteiger partial charge on any atom is -0.497 e. The zero-order valence-electron chi connectivity index (χ0n) is 17.0. The zero-order chi connectivity index (χ0) is 20.4. The Morgan fingerprint density at radius 3 is 2.38 bits per heavy atom. The van der Waals surface area contributed by atoms with E-state index in [0.29, 0.717) is 26.1 Å². The number of carbonyl (C=O) groups is 2. The van der Waals surface area contributed by atoms with E-state index in [4.69, 9.17) is 4.74 Å². The molecule has 152 valence electrons. The van der Waals surface area contributed by atoms with Gasteiger partial charge in [0.1, 0.15) is 5.75 Å². The Kier molecular flexibility index (Phi) is 5.43. The third kappa shape index (κ3) is 4.06. The normalized spacial score (nSPS) is 19.6. The van der Waals surface area contributed by atoms with Gasteiger partial charge in [0.15, 0.2) is 0 Å². The van der Waals surface area contributed by atoms with Crippen LogP contribution >= 0.6 is 0 Å². The lowest BCUT2D eigenvalue weighted by Gasteiger charge is -2.37. The summed E-state index contributed by atoms with van der Waals surface area (Å²) in [7, 11) is 1.66. The van der Waals surface area contributed by atoms with Crippen molar-refractivity contribution in [1.29, 1.82) is 0 Å². The fourth-order valence-electron chi connectivity index (χ4n) is 4.15. The second-order valence-corrected chi connectivity index (χ2v) is 7.75. The predicted molar refractivity (Wildman–Crippen MR) is 113 cm³/mol. The second kappa shape index (κ2) is 8.15. The minimum atomic E-state index is -0.254. The molecule has 2 amide bonds. The molecule has 0 radical (unpaired) electrons. The fraction of sp³-hybridized carbons (Fsp3) is 0.391. The van der Waals surface area contributed by atoms with Gasteiger partial charge < -0.3 is 19.4 Å². The van der Waals surface area contributed by atoms with Gasteiger partial charge in [0, 0.05) is 50.5 Å². The van der Waals surface area contributed by atoms with E-state index in [1.807, 2.05) is 60.4 Å². The SMILES string of the molecule is COc1ccc(N2CCN(C(=O)C3CC(=O)N(c4cccc(C)c4)C3)CC2)cc1. The van der Waals surface area contributed by atoms with Crippen LogP contribution in [-0.4, -0.2) is 56.5 Å². The summed E-state index contributed by atoms with van der Waals surface area (Å²) in [6.07, 6.45) is 0.297. The summed E-state index contributed by atoms with van der Waals surface area (Å²) >= 11 is 0. The topological polar surface area (TPSA) is 53.1 Å². The van der Waals surface area contributed by atoms with Crippen LogP contribution in [0.1, 0.15) is 12.0 Å². The minimum absolute atomic E-state index is 0.0332. The molecular formula is C23H27N3O3. The molecule has 4 rings (SSSR count). The first kappa shape index (κ1) is 19.3. The maximum Gasteiger partial charge on any atom is 0.228 e. The molecular weight excluding hydrogens is 366 g/mol. The molecule has 2 aliphatic heterocycles. The summed E-state index contributed by atoms with van der Waals surface area (Å²) in [6.45, 7) is 5.43. The zero-order valence-corrected chi connectivity index (χ0v) is 17.0. The van der Waals surface area contributed by atoms with Crippen molar-refractivity contribution in [2.45, 2.75) is 13.3 Å². The molecule has 2 fully saturated rings. The molecule has 0 bridgehead atoms. The number of hydrogen-bond donors (Lipinski definition) is 0. The number of amides is 2. The lowest BCUT2D eigenvalue weighted by Crippen LogP contribution is -2.50. The second-order valence-electron chi connectivity index (χ2n) is 7.75. The molecule has 0 spiro atoms. The third-order valence-corrected chi connectivity index (χ3v) is 5.82. The van der Waals surface area contributed by atoms with Crippen LogP contribution in [0.5, 0.6) is 5.75 Å². The van der Waals surface area contributed by atoms with Crippen molar-refractivity contribution in [2.75, 3.05) is 49.6 Å². The number of anilines is 2. The first-order valence-corrected chi connectivity index (χ1v) is 10.1. The number of carbonyl (C=O) groups excluding carboxylic acids is 2. The van der Waals surface area contributed by atoms with E-state index in [0.717, 1.165) is 35.8 Å². The summed E-state index contributed by atoms with van der Waals surface area (Å²) in [5.74, 6) is 0.718. The highest BCUT2D eigenvalue weighted by Crippen LogP contribution is 2.28. The lowest BCUT2D eigenvalue weighted by molar-refractivity contribution is -0.136. The largest absolute Gasteiger partial charge is 0.497 e. The van der Waals surface area contributed by atoms with E-state index < -0.39 is 0 Å². The molecule has 1 atom stereocenters. The van der Waals surface area contributed by atoms with Gasteiger partial charge in [-0.25, -0.2) is 0 Å². The number of nitrogens with zero attached hydrogens (tertiary/aromatic N) is 3. The van der Waals surface area contributed by atoms with Gasteiger partial charge in [-0.05, 0) is 48.9 Å². The molecule has 0 aromatic heterocycles. The van der Waals surface area contributed by atoms with Gasteiger partial charge in [0.25, 0.3) is 0 Å². The van der Waals surface area contributed by atoms with Crippen LogP contribution < -0.4 is 14.5 Å². The third-order valence-electron chi connectivity index (χ3n) is 5.82. The fourth-order valence-corrected chi connectivity index (χ4v) is 4.15. The highest BCUT2D eigenvalue weighted by Gasteiger charge is 2.38. The van der Waals surface area contributed by atoms with Gasteiger partial charge in [0.2, 0.25) is 11.8 Å². The Balaban J connectivity index is 1.35. The number of piperazine rings is 1. The van der Waals surface area contributed by atoms with Crippen LogP contribution in [0.15, 0.2) is 48.5 Å². The van der Waals surface area contributed by atoms with E-state index in [-0.39, 0.29) is 17.7 Å². The number of ether oxygens (including phenoxy) is 1. The van der Waals surface area contributed by atoms with Crippen molar-refractivity contribution in [3.05, 3.63) is 54.1 Å². The maximum atomic E-state index is 13.0. The molecule has 0 N–H and O–H groups in total. The van der Waals surface area contributed by atoms with Gasteiger partial charge >= 0.3 is 0 Å².